The smallest absolute Gasteiger partial charge is 0.406 e. The van der Waals surface area contributed by atoms with Gasteiger partial charge in [0.25, 0.3) is 5.56 Å². The summed E-state index contributed by atoms with van der Waals surface area (Å²) in [5.74, 6) is -1.03. The van der Waals surface area contributed by atoms with Gasteiger partial charge < -0.3 is 14.2 Å². The van der Waals surface area contributed by atoms with E-state index in [1.807, 2.05) is 19.9 Å². The van der Waals surface area contributed by atoms with Gasteiger partial charge in [-0.1, -0.05) is 18.2 Å². The highest BCUT2D eigenvalue weighted by molar-refractivity contribution is 5.89. The molecule has 0 spiro atoms. The minimum absolute atomic E-state index is 0.169. The summed E-state index contributed by atoms with van der Waals surface area (Å²) >= 11 is 0. The minimum atomic E-state index is -4.82. The topological polar surface area (TPSA) is 87.3 Å². The molecule has 1 unspecified atom stereocenters. The summed E-state index contributed by atoms with van der Waals surface area (Å²) in [5.41, 5.74) is 2.76. The van der Waals surface area contributed by atoms with Crippen molar-refractivity contribution >= 4 is 16.7 Å². The van der Waals surface area contributed by atoms with Crippen LogP contribution >= 0.6 is 0 Å². The maximum Gasteiger partial charge on any atom is 0.573 e. The first kappa shape index (κ1) is 28.0. The van der Waals surface area contributed by atoms with Crippen LogP contribution < -0.4 is 15.2 Å². The predicted octanol–water partition coefficient (Wildman–Crippen LogP) is 4.93. The highest BCUT2D eigenvalue weighted by atomic mass is 19.4. The van der Waals surface area contributed by atoms with Crippen LogP contribution in [0.5, 0.6) is 5.75 Å². The summed E-state index contributed by atoms with van der Waals surface area (Å²) in [4.78, 5) is 25.6. The molecule has 5 rings (SSSR count). The van der Waals surface area contributed by atoms with Gasteiger partial charge in [0.05, 0.1) is 22.9 Å². The van der Waals surface area contributed by atoms with Gasteiger partial charge in [0.2, 0.25) is 5.95 Å². The second-order valence-electron chi connectivity index (χ2n) is 10.1. The number of fused-ring (bicyclic) bond motifs is 1. The van der Waals surface area contributed by atoms with Gasteiger partial charge in [-0.25, -0.2) is 9.97 Å². The number of nitrogens with zero attached hydrogens (tertiary/aromatic N) is 6. The Hall–Kier alpha value is -4.50. The highest BCUT2D eigenvalue weighted by Crippen LogP contribution is 2.36. The van der Waals surface area contributed by atoms with E-state index in [4.69, 9.17) is 0 Å². The first-order valence-electron chi connectivity index (χ1n) is 12.9. The van der Waals surface area contributed by atoms with E-state index in [1.54, 1.807) is 31.3 Å². The number of halogens is 4. The molecule has 4 aromatic rings. The van der Waals surface area contributed by atoms with Crippen LogP contribution in [0.15, 0.2) is 65.5 Å². The number of ether oxygens (including phenoxy) is 1. The number of nitriles is 1. The van der Waals surface area contributed by atoms with Gasteiger partial charge in [-0.05, 0) is 55.8 Å². The largest absolute Gasteiger partial charge is 0.573 e. The molecule has 1 saturated heterocycles. The average Bonchev–Trinajstić information content (AvgIpc) is 2.92. The Labute approximate surface area is 233 Å². The molecule has 0 aliphatic carbocycles. The van der Waals surface area contributed by atoms with E-state index in [0.717, 1.165) is 0 Å². The van der Waals surface area contributed by atoms with E-state index >= 15 is 0 Å². The van der Waals surface area contributed by atoms with Crippen molar-refractivity contribution in [3.8, 4) is 11.8 Å². The lowest BCUT2D eigenvalue weighted by Gasteiger charge is -2.48. The number of hydrogen-bond donors (Lipinski definition) is 0. The molecular weight excluding hydrogens is 540 g/mol. The molecule has 3 aromatic heterocycles. The third kappa shape index (κ3) is 5.71. The molecule has 0 radical (unpaired) electrons. The van der Waals surface area contributed by atoms with Crippen molar-refractivity contribution in [2.24, 2.45) is 7.05 Å². The van der Waals surface area contributed by atoms with E-state index in [-0.39, 0.29) is 29.1 Å². The summed E-state index contributed by atoms with van der Waals surface area (Å²) in [7, 11) is 1.65. The molecule has 41 heavy (non-hydrogen) atoms. The van der Waals surface area contributed by atoms with Crippen LogP contribution in [0.1, 0.15) is 36.8 Å². The Morgan fingerprint density at radius 2 is 1.76 bits per heavy atom. The van der Waals surface area contributed by atoms with Crippen LogP contribution in [-0.2, 0) is 7.05 Å². The summed E-state index contributed by atoms with van der Waals surface area (Å²) in [6, 6.07) is 15.9. The Morgan fingerprint density at radius 1 is 1.02 bits per heavy atom. The van der Waals surface area contributed by atoms with E-state index < -0.39 is 18.4 Å². The minimum Gasteiger partial charge on any atom is -0.406 e. The summed E-state index contributed by atoms with van der Waals surface area (Å²) in [5, 5.41) is 9.42. The van der Waals surface area contributed by atoms with E-state index in [9.17, 15) is 27.6 Å². The molecule has 8 nitrogen and oxygen atoms in total. The number of piperazine rings is 1. The summed E-state index contributed by atoms with van der Waals surface area (Å²) in [6.07, 6.45) is -4.82. The molecule has 0 N–H and O–H groups in total. The van der Waals surface area contributed by atoms with E-state index in [0.29, 0.717) is 41.1 Å². The van der Waals surface area contributed by atoms with Crippen LogP contribution in [0.4, 0.5) is 23.2 Å². The zero-order valence-corrected chi connectivity index (χ0v) is 22.4. The van der Waals surface area contributed by atoms with Gasteiger partial charge in [0.1, 0.15) is 23.0 Å². The van der Waals surface area contributed by atoms with Gasteiger partial charge in [-0.3, -0.25) is 9.69 Å². The number of aromatic nitrogens is 3. The summed E-state index contributed by atoms with van der Waals surface area (Å²) in [6.45, 7) is 4.85. The number of benzene rings is 1. The second kappa shape index (κ2) is 10.8. The zero-order chi connectivity index (χ0) is 29.5. The van der Waals surface area contributed by atoms with Crippen molar-refractivity contribution in [1.29, 1.82) is 5.26 Å². The Balaban J connectivity index is 1.53. The molecular formula is C29H26F4N6O2. The average molecular weight is 567 g/mol. The van der Waals surface area contributed by atoms with Crippen molar-refractivity contribution in [3.05, 3.63) is 93.9 Å². The SMILES string of the molecule is C[C@@H]1CN(c2cc(=O)n(C)c3ccc(C#N)nc23)[C@@H](C)CN1C(c1ccc(OC(F)(F)F)cc1)c1cccc(F)n1. The second-order valence-corrected chi connectivity index (χ2v) is 10.1. The molecule has 12 heteroatoms. The third-order valence-corrected chi connectivity index (χ3v) is 7.30. The predicted molar refractivity (Wildman–Crippen MR) is 144 cm³/mol. The lowest BCUT2D eigenvalue weighted by molar-refractivity contribution is -0.274. The van der Waals surface area contributed by atoms with Crippen LogP contribution in [0.3, 0.4) is 0 Å². The highest BCUT2D eigenvalue weighted by Gasteiger charge is 2.37. The molecule has 212 valence electrons. The van der Waals surface area contributed by atoms with Crippen molar-refractivity contribution in [2.45, 2.75) is 38.3 Å². The molecule has 1 fully saturated rings. The monoisotopic (exact) mass is 566 g/mol. The molecule has 1 aliphatic rings. The van der Waals surface area contributed by atoms with E-state index in [1.165, 1.54) is 41.0 Å². The van der Waals surface area contributed by atoms with Gasteiger partial charge in [-0.15, -0.1) is 13.2 Å². The number of anilines is 1. The quantitative estimate of drug-likeness (QED) is 0.250. The fourth-order valence-corrected chi connectivity index (χ4v) is 5.40. The van der Waals surface area contributed by atoms with Crippen molar-refractivity contribution in [2.75, 3.05) is 18.0 Å². The van der Waals surface area contributed by atoms with Gasteiger partial charge in [-0.2, -0.15) is 9.65 Å². The zero-order valence-electron chi connectivity index (χ0n) is 22.4. The summed E-state index contributed by atoms with van der Waals surface area (Å²) < 4.78 is 58.0. The van der Waals surface area contributed by atoms with Crippen LogP contribution in [0.25, 0.3) is 11.0 Å². The number of rotatable bonds is 5. The molecule has 1 aliphatic heterocycles. The molecule has 0 bridgehead atoms. The fourth-order valence-electron chi connectivity index (χ4n) is 5.40. The van der Waals surface area contributed by atoms with Gasteiger partial charge in [0.15, 0.2) is 0 Å². The number of alkyl halides is 3. The standard InChI is InChI=1S/C29H26F4N6O2/c1-17-16-39(18(2)15-38(17)24-13-26(40)37(3)23-12-9-20(14-34)35-27(23)24)28(22-5-4-6-25(30)36-22)19-7-10-21(11-8-19)41-29(31,32)33/h4-13,17-18,28H,15-16H2,1-3H3/t17-,18+,28?/m0/s1. The molecule has 3 atom stereocenters. The maximum atomic E-state index is 14.3. The first-order chi connectivity index (χ1) is 19.4. The lowest BCUT2D eigenvalue weighted by atomic mass is 9.96. The maximum absolute atomic E-state index is 14.3. The fraction of sp³-hybridized carbons (Fsp3) is 0.310. The lowest BCUT2D eigenvalue weighted by Crippen LogP contribution is -2.57. The van der Waals surface area contributed by atoms with Crippen molar-refractivity contribution < 1.29 is 22.3 Å². The number of hydrogen-bond acceptors (Lipinski definition) is 7. The molecule has 0 saturated carbocycles. The van der Waals surface area contributed by atoms with Crippen LogP contribution in [0.2, 0.25) is 0 Å². The molecule has 0 amide bonds. The van der Waals surface area contributed by atoms with Crippen molar-refractivity contribution in [1.82, 2.24) is 19.4 Å². The number of aryl methyl sites for hydroxylation is 1. The normalized spacial score (nSPS) is 18.7. The molecule has 1 aromatic carbocycles. The first-order valence-corrected chi connectivity index (χ1v) is 12.9. The van der Waals surface area contributed by atoms with Crippen LogP contribution in [-0.4, -0.2) is 51.0 Å². The van der Waals surface area contributed by atoms with Gasteiger partial charge >= 0.3 is 6.36 Å². The van der Waals surface area contributed by atoms with Crippen molar-refractivity contribution in [3.63, 3.8) is 0 Å². The van der Waals surface area contributed by atoms with E-state index in [2.05, 4.69) is 24.5 Å². The van der Waals surface area contributed by atoms with Crippen LogP contribution in [0, 0.1) is 17.3 Å². The Bertz CT molecular complexity index is 1680. The van der Waals surface area contributed by atoms with Gasteiger partial charge in [0, 0.05) is 38.3 Å². The molecule has 4 heterocycles. The Morgan fingerprint density at radius 3 is 2.41 bits per heavy atom. The third-order valence-electron chi connectivity index (χ3n) is 7.30. The Kier molecular flexibility index (Phi) is 7.40. The number of pyridine rings is 3.